The van der Waals surface area contributed by atoms with Crippen molar-refractivity contribution in [1.82, 2.24) is 0 Å². The van der Waals surface area contributed by atoms with E-state index in [0.717, 1.165) is 0 Å². The van der Waals surface area contributed by atoms with Crippen LogP contribution in [0.3, 0.4) is 0 Å². The molecule has 1 N–H and O–H groups in total. The molecule has 0 spiro atoms. The van der Waals surface area contributed by atoms with Crippen LogP contribution < -0.4 is 0 Å². The van der Waals surface area contributed by atoms with E-state index in [1.165, 1.54) is 0 Å². The van der Waals surface area contributed by atoms with Gasteiger partial charge in [0.1, 0.15) is 0 Å². The molecule has 0 aromatic heterocycles. The summed E-state index contributed by atoms with van der Waals surface area (Å²) in [6, 6.07) is 0. The van der Waals surface area contributed by atoms with Gasteiger partial charge in [0.2, 0.25) is 0 Å². The van der Waals surface area contributed by atoms with Crippen molar-refractivity contribution in [2.45, 2.75) is 57.8 Å². The second kappa shape index (κ2) is 5.12. The zero-order chi connectivity index (χ0) is 11.4. The van der Waals surface area contributed by atoms with Gasteiger partial charge in [0.25, 0.3) is 0 Å². The predicted molar refractivity (Wildman–Crippen MR) is 59.1 cm³/mol. The Morgan fingerprint density at radius 3 is 2.14 bits per heavy atom. The maximum Gasteiger partial charge on any atom is 0.155 e. The first-order valence-corrected chi connectivity index (χ1v) is 6.76. The lowest BCUT2D eigenvalue weighted by atomic mass is 10.2. The number of hydrogen-bond acceptors (Lipinski definition) is 3. The molecule has 14 heavy (non-hydrogen) atoms. The van der Waals surface area contributed by atoms with Crippen LogP contribution in [-0.4, -0.2) is 30.1 Å². The van der Waals surface area contributed by atoms with Gasteiger partial charge in [0, 0.05) is 0 Å². The van der Waals surface area contributed by atoms with Crippen molar-refractivity contribution in [2.75, 3.05) is 5.75 Å². The van der Waals surface area contributed by atoms with Crippen LogP contribution in [0.15, 0.2) is 0 Å². The molecule has 0 aliphatic heterocycles. The van der Waals surface area contributed by atoms with Crippen LogP contribution in [0.25, 0.3) is 0 Å². The molecule has 0 rings (SSSR count). The quantitative estimate of drug-likeness (QED) is 0.771. The van der Waals surface area contributed by atoms with Crippen LogP contribution in [0.2, 0.25) is 0 Å². The summed E-state index contributed by atoms with van der Waals surface area (Å²) in [6.07, 6.45) is 1.46. The van der Waals surface area contributed by atoms with Gasteiger partial charge in [-0.15, -0.1) is 0 Å². The van der Waals surface area contributed by atoms with Gasteiger partial charge in [-0.1, -0.05) is 6.92 Å². The number of aliphatic hydroxyl groups excluding tert-OH is 1. The molecule has 0 amide bonds. The van der Waals surface area contributed by atoms with Gasteiger partial charge in [-0.3, -0.25) is 0 Å². The molecule has 0 bridgehead atoms. The van der Waals surface area contributed by atoms with E-state index in [2.05, 4.69) is 0 Å². The lowest BCUT2D eigenvalue weighted by molar-refractivity contribution is 0.159. The van der Waals surface area contributed by atoms with Gasteiger partial charge in [-0.05, 0) is 40.0 Å². The molecule has 0 heterocycles. The van der Waals surface area contributed by atoms with Gasteiger partial charge in [0.05, 0.1) is 16.6 Å². The summed E-state index contributed by atoms with van der Waals surface area (Å²) >= 11 is 0. The summed E-state index contributed by atoms with van der Waals surface area (Å²) in [4.78, 5) is 0. The normalized spacial score (nSPS) is 15.5. The average Bonchev–Trinajstić information content (AvgIpc) is 2.01. The van der Waals surface area contributed by atoms with Crippen molar-refractivity contribution in [3.63, 3.8) is 0 Å². The van der Waals surface area contributed by atoms with E-state index >= 15 is 0 Å². The third kappa shape index (κ3) is 4.42. The lowest BCUT2D eigenvalue weighted by Gasteiger charge is -2.19. The van der Waals surface area contributed by atoms with E-state index in [1.54, 1.807) is 20.8 Å². The maximum atomic E-state index is 11.6. The van der Waals surface area contributed by atoms with E-state index in [0.29, 0.717) is 19.3 Å². The van der Waals surface area contributed by atoms with Gasteiger partial charge in [-0.2, -0.15) is 0 Å². The SMILES string of the molecule is CCC(O)CCCS(=O)(=O)C(C)(C)C. The summed E-state index contributed by atoms with van der Waals surface area (Å²) in [5, 5.41) is 9.26. The first-order chi connectivity index (χ1) is 6.20. The number of aliphatic hydroxyl groups is 1. The van der Waals surface area contributed by atoms with Gasteiger partial charge < -0.3 is 5.11 Å². The van der Waals surface area contributed by atoms with E-state index in [-0.39, 0.29) is 11.9 Å². The minimum absolute atomic E-state index is 0.174. The topological polar surface area (TPSA) is 54.4 Å². The first-order valence-electron chi connectivity index (χ1n) is 5.11. The van der Waals surface area contributed by atoms with Crippen LogP contribution in [0.5, 0.6) is 0 Å². The van der Waals surface area contributed by atoms with E-state index in [1.807, 2.05) is 6.92 Å². The van der Waals surface area contributed by atoms with Crippen molar-refractivity contribution >= 4 is 9.84 Å². The first kappa shape index (κ1) is 13.9. The highest BCUT2D eigenvalue weighted by atomic mass is 32.2. The summed E-state index contributed by atoms with van der Waals surface area (Å²) in [5.74, 6) is 0.174. The van der Waals surface area contributed by atoms with Crippen LogP contribution in [-0.2, 0) is 9.84 Å². The Balaban J connectivity index is 4.03. The Morgan fingerprint density at radius 1 is 1.29 bits per heavy atom. The Hall–Kier alpha value is -0.0900. The van der Waals surface area contributed by atoms with Gasteiger partial charge in [0.15, 0.2) is 9.84 Å². The molecular weight excluding hydrogens is 200 g/mol. The molecule has 0 saturated heterocycles. The van der Waals surface area contributed by atoms with Crippen molar-refractivity contribution in [3.8, 4) is 0 Å². The van der Waals surface area contributed by atoms with E-state index < -0.39 is 14.6 Å². The third-order valence-corrected chi connectivity index (χ3v) is 5.05. The second-order valence-electron chi connectivity index (χ2n) is 4.64. The maximum absolute atomic E-state index is 11.6. The molecule has 0 saturated carbocycles. The molecule has 0 fully saturated rings. The van der Waals surface area contributed by atoms with E-state index in [4.69, 9.17) is 0 Å². The molecule has 0 radical (unpaired) electrons. The molecule has 0 aromatic rings. The van der Waals surface area contributed by atoms with Crippen LogP contribution in [0.1, 0.15) is 47.0 Å². The molecule has 1 unspecified atom stereocenters. The van der Waals surface area contributed by atoms with Crippen molar-refractivity contribution in [3.05, 3.63) is 0 Å². The monoisotopic (exact) mass is 222 g/mol. The zero-order valence-corrected chi connectivity index (χ0v) is 10.4. The highest BCUT2D eigenvalue weighted by Gasteiger charge is 2.28. The highest BCUT2D eigenvalue weighted by Crippen LogP contribution is 2.17. The van der Waals surface area contributed by atoms with Crippen LogP contribution in [0.4, 0.5) is 0 Å². The largest absolute Gasteiger partial charge is 0.393 e. The summed E-state index contributed by atoms with van der Waals surface area (Å²) in [7, 11) is -3.01. The average molecular weight is 222 g/mol. The molecule has 4 heteroatoms. The summed E-state index contributed by atoms with van der Waals surface area (Å²) < 4.78 is 22.6. The van der Waals surface area contributed by atoms with Crippen molar-refractivity contribution in [2.24, 2.45) is 0 Å². The zero-order valence-electron chi connectivity index (χ0n) is 9.58. The molecule has 0 aliphatic rings. The van der Waals surface area contributed by atoms with Crippen LogP contribution >= 0.6 is 0 Å². The Bertz CT molecular complexity index is 249. The van der Waals surface area contributed by atoms with Crippen molar-refractivity contribution < 1.29 is 13.5 Å². The fraction of sp³-hybridized carbons (Fsp3) is 1.00. The molecule has 86 valence electrons. The van der Waals surface area contributed by atoms with Crippen molar-refractivity contribution in [1.29, 1.82) is 0 Å². The molecular formula is C10H22O3S. The lowest BCUT2D eigenvalue weighted by Crippen LogP contribution is -2.30. The smallest absolute Gasteiger partial charge is 0.155 e. The fourth-order valence-corrected chi connectivity index (χ4v) is 2.18. The fourth-order valence-electron chi connectivity index (χ4n) is 1.02. The van der Waals surface area contributed by atoms with Gasteiger partial charge in [-0.25, -0.2) is 8.42 Å². The third-order valence-electron chi connectivity index (χ3n) is 2.35. The molecule has 1 atom stereocenters. The predicted octanol–water partition coefficient (Wildman–Crippen LogP) is 1.75. The summed E-state index contributed by atoms with van der Waals surface area (Å²) in [5.41, 5.74) is 0. The minimum Gasteiger partial charge on any atom is -0.393 e. The Kier molecular flexibility index (Phi) is 5.09. The molecule has 0 aliphatic carbocycles. The van der Waals surface area contributed by atoms with Crippen LogP contribution in [0, 0.1) is 0 Å². The molecule has 0 aromatic carbocycles. The highest BCUT2D eigenvalue weighted by molar-refractivity contribution is 7.92. The second-order valence-corrected chi connectivity index (χ2v) is 7.50. The Morgan fingerprint density at radius 2 is 1.79 bits per heavy atom. The van der Waals surface area contributed by atoms with Gasteiger partial charge >= 0.3 is 0 Å². The molecule has 3 nitrogen and oxygen atoms in total. The number of hydrogen-bond donors (Lipinski definition) is 1. The number of rotatable bonds is 5. The standard InChI is InChI=1S/C10H22O3S/c1-5-9(11)7-6-8-14(12,13)10(2,3)4/h9,11H,5-8H2,1-4H3. The number of sulfone groups is 1. The van der Waals surface area contributed by atoms with E-state index in [9.17, 15) is 13.5 Å². The Labute approximate surface area is 87.4 Å². The summed E-state index contributed by atoms with van der Waals surface area (Å²) in [6.45, 7) is 7.01. The minimum atomic E-state index is -3.01.